The molecule has 122 valence electrons. The monoisotopic (exact) mass is 333 g/mol. The van der Waals surface area contributed by atoms with Gasteiger partial charge >= 0.3 is 0 Å². The van der Waals surface area contributed by atoms with Gasteiger partial charge in [-0.15, -0.1) is 0 Å². The molecule has 1 atom stereocenters. The van der Waals surface area contributed by atoms with E-state index in [0.29, 0.717) is 22.1 Å². The van der Waals surface area contributed by atoms with E-state index >= 15 is 0 Å². The third-order valence-electron chi connectivity index (χ3n) is 3.70. The van der Waals surface area contributed by atoms with Crippen molar-refractivity contribution in [2.45, 2.75) is 19.9 Å². The number of carbonyl (C=O) groups is 1. The lowest BCUT2D eigenvalue weighted by Gasteiger charge is -2.19. The molecule has 2 rings (SSSR count). The van der Waals surface area contributed by atoms with Gasteiger partial charge in [-0.3, -0.25) is 4.79 Å². The number of benzene rings is 2. The van der Waals surface area contributed by atoms with E-state index in [1.807, 2.05) is 26.0 Å². The van der Waals surface area contributed by atoms with Crippen LogP contribution < -0.4 is 14.8 Å². The number of nitrogens with one attached hydrogen (secondary N) is 1. The zero-order chi connectivity index (χ0) is 17.0. The highest BCUT2D eigenvalue weighted by atomic mass is 35.5. The van der Waals surface area contributed by atoms with Gasteiger partial charge in [-0.05, 0) is 49.2 Å². The second-order valence-corrected chi connectivity index (χ2v) is 5.65. The van der Waals surface area contributed by atoms with E-state index in [9.17, 15) is 4.79 Å². The molecule has 0 aliphatic heterocycles. The third-order valence-corrected chi connectivity index (χ3v) is 4.03. The molecule has 0 heterocycles. The van der Waals surface area contributed by atoms with Gasteiger partial charge in [0, 0.05) is 0 Å². The van der Waals surface area contributed by atoms with Crippen LogP contribution in [0.15, 0.2) is 36.4 Å². The molecule has 2 aromatic carbocycles. The predicted octanol–water partition coefficient (Wildman–Crippen LogP) is 4.16. The number of hydrogen-bond donors (Lipinski definition) is 1. The van der Waals surface area contributed by atoms with Gasteiger partial charge in [0.15, 0.2) is 11.5 Å². The van der Waals surface area contributed by atoms with Crippen LogP contribution in [0.5, 0.6) is 11.5 Å². The molecular formula is C18H20ClNO3. The Balaban J connectivity index is 2.25. The summed E-state index contributed by atoms with van der Waals surface area (Å²) in [6.07, 6.45) is 0. The summed E-state index contributed by atoms with van der Waals surface area (Å²) in [7, 11) is 3.18. The smallest absolute Gasteiger partial charge is 0.253 e. The molecule has 0 saturated heterocycles. The number of aryl methyl sites for hydroxylation is 1. The maximum Gasteiger partial charge on any atom is 0.253 e. The summed E-state index contributed by atoms with van der Waals surface area (Å²) in [5.41, 5.74) is 2.43. The Kier molecular flexibility index (Phi) is 5.50. The highest BCUT2D eigenvalue weighted by Gasteiger charge is 2.17. The van der Waals surface area contributed by atoms with Gasteiger partial charge in [0.2, 0.25) is 0 Å². The van der Waals surface area contributed by atoms with Crippen molar-refractivity contribution in [3.05, 3.63) is 58.1 Å². The fourth-order valence-electron chi connectivity index (χ4n) is 2.46. The lowest BCUT2D eigenvalue weighted by atomic mass is 10.0. The van der Waals surface area contributed by atoms with Crippen molar-refractivity contribution in [3.63, 3.8) is 0 Å². The fourth-order valence-corrected chi connectivity index (χ4v) is 2.68. The summed E-state index contributed by atoms with van der Waals surface area (Å²) in [6.45, 7) is 3.89. The minimum atomic E-state index is -0.211. The van der Waals surface area contributed by atoms with Gasteiger partial charge < -0.3 is 14.8 Å². The SMILES string of the molecule is COc1cc(C)c([C@@H](C)NC(=O)c2ccccc2Cl)cc1OC. The van der Waals surface area contributed by atoms with Gasteiger partial charge in [0.25, 0.3) is 5.91 Å². The van der Waals surface area contributed by atoms with Crippen molar-refractivity contribution in [2.24, 2.45) is 0 Å². The predicted molar refractivity (Wildman–Crippen MR) is 91.6 cm³/mol. The van der Waals surface area contributed by atoms with Gasteiger partial charge in [0.1, 0.15) is 0 Å². The summed E-state index contributed by atoms with van der Waals surface area (Å²) in [5, 5.41) is 3.39. The summed E-state index contributed by atoms with van der Waals surface area (Å²) in [5.74, 6) is 1.09. The van der Waals surface area contributed by atoms with E-state index in [1.54, 1.807) is 38.5 Å². The highest BCUT2D eigenvalue weighted by Crippen LogP contribution is 2.33. The molecule has 0 radical (unpaired) electrons. The van der Waals surface area contributed by atoms with E-state index in [2.05, 4.69) is 5.32 Å². The number of ether oxygens (including phenoxy) is 2. The average Bonchev–Trinajstić information content (AvgIpc) is 2.54. The van der Waals surface area contributed by atoms with Crippen LogP contribution in [-0.4, -0.2) is 20.1 Å². The van der Waals surface area contributed by atoms with Gasteiger partial charge in [0.05, 0.1) is 30.8 Å². The molecule has 4 nitrogen and oxygen atoms in total. The van der Waals surface area contributed by atoms with Crippen LogP contribution in [0, 0.1) is 6.92 Å². The first-order valence-corrected chi connectivity index (χ1v) is 7.63. The van der Waals surface area contributed by atoms with Crippen LogP contribution in [0.4, 0.5) is 0 Å². The Hall–Kier alpha value is -2.20. The molecule has 0 bridgehead atoms. The zero-order valence-electron chi connectivity index (χ0n) is 13.6. The lowest BCUT2D eigenvalue weighted by molar-refractivity contribution is 0.0940. The largest absolute Gasteiger partial charge is 0.493 e. The van der Waals surface area contributed by atoms with Crippen LogP contribution in [0.1, 0.15) is 34.5 Å². The first-order chi connectivity index (χ1) is 11.0. The van der Waals surface area contributed by atoms with Gasteiger partial charge in [-0.1, -0.05) is 23.7 Å². The molecule has 1 N–H and O–H groups in total. The molecule has 0 unspecified atom stereocenters. The standard InChI is InChI=1S/C18H20ClNO3/c1-11-9-16(22-3)17(23-4)10-14(11)12(2)20-18(21)13-7-5-6-8-15(13)19/h5-10,12H,1-4H3,(H,20,21)/t12-/m1/s1. The molecule has 2 aromatic rings. The van der Waals surface area contributed by atoms with Crippen molar-refractivity contribution >= 4 is 17.5 Å². The van der Waals surface area contributed by atoms with Crippen molar-refractivity contribution in [3.8, 4) is 11.5 Å². The maximum atomic E-state index is 12.4. The Bertz CT molecular complexity index is 715. The lowest BCUT2D eigenvalue weighted by Crippen LogP contribution is -2.27. The van der Waals surface area contributed by atoms with E-state index < -0.39 is 0 Å². The molecule has 0 saturated carbocycles. The van der Waals surface area contributed by atoms with E-state index in [0.717, 1.165) is 11.1 Å². The number of hydrogen-bond acceptors (Lipinski definition) is 3. The average molecular weight is 334 g/mol. The van der Waals surface area contributed by atoms with E-state index in [1.165, 1.54) is 0 Å². The Labute approximate surface area is 141 Å². The van der Waals surface area contributed by atoms with Crippen molar-refractivity contribution in [1.82, 2.24) is 5.32 Å². The Morgan fingerprint density at radius 2 is 1.74 bits per heavy atom. The number of rotatable bonds is 5. The second-order valence-electron chi connectivity index (χ2n) is 5.24. The van der Waals surface area contributed by atoms with Gasteiger partial charge in [-0.2, -0.15) is 0 Å². The van der Waals surface area contributed by atoms with Crippen LogP contribution >= 0.6 is 11.6 Å². The molecule has 23 heavy (non-hydrogen) atoms. The minimum absolute atomic E-state index is 0.196. The molecule has 1 amide bonds. The third kappa shape index (κ3) is 3.77. The summed E-state index contributed by atoms with van der Waals surface area (Å²) in [4.78, 5) is 12.4. The van der Waals surface area contributed by atoms with E-state index in [4.69, 9.17) is 21.1 Å². The molecule has 0 aromatic heterocycles. The normalized spacial score (nSPS) is 11.7. The number of halogens is 1. The van der Waals surface area contributed by atoms with Crippen LogP contribution in [0.3, 0.4) is 0 Å². The fraction of sp³-hybridized carbons (Fsp3) is 0.278. The minimum Gasteiger partial charge on any atom is -0.493 e. The quantitative estimate of drug-likeness (QED) is 0.893. The first kappa shape index (κ1) is 17.2. The van der Waals surface area contributed by atoms with Crippen molar-refractivity contribution < 1.29 is 14.3 Å². The topological polar surface area (TPSA) is 47.6 Å². The number of carbonyl (C=O) groups excluding carboxylic acids is 1. The zero-order valence-corrected chi connectivity index (χ0v) is 14.4. The molecular weight excluding hydrogens is 314 g/mol. The second kappa shape index (κ2) is 7.38. The highest BCUT2D eigenvalue weighted by molar-refractivity contribution is 6.33. The summed E-state index contributed by atoms with van der Waals surface area (Å²) >= 11 is 6.07. The molecule has 0 spiro atoms. The molecule has 5 heteroatoms. The van der Waals surface area contributed by atoms with Gasteiger partial charge in [-0.25, -0.2) is 0 Å². The molecule has 0 aliphatic carbocycles. The Morgan fingerprint density at radius 3 is 2.35 bits per heavy atom. The number of amides is 1. The molecule has 0 fully saturated rings. The number of methoxy groups -OCH3 is 2. The van der Waals surface area contributed by atoms with Crippen LogP contribution in [-0.2, 0) is 0 Å². The summed E-state index contributed by atoms with van der Waals surface area (Å²) < 4.78 is 10.6. The van der Waals surface area contributed by atoms with E-state index in [-0.39, 0.29) is 11.9 Å². The molecule has 0 aliphatic rings. The Morgan fingerprint density at radius 1 is 1.13 bits per heavy atom. The van der Waals surface area contributed by atoms with Crippen molar-refractivity contribution in [2.75, 3.05) is 14.2 Å². The van der Waals surface area contributed by atoms with Crippen molar-refractivity contribution in [1.29, 1.82) is 0 Å². The van der Waals surface area contributed by atoms with Crippen LogP contribution in [0.2, 0.25) is 5.02 Å². The first-order valence-electron chi connectivity index (χ1n) is 7.25. The summed E-state index contributed by atoms with van der Waals surface area (Å²) in [6, 6.07) is 10.6. The maximum absolute atomic E-state index is 12.4. The van der Waals surface area contributed by atoms with Crippen LogP contribution in [0.25, 0.3) is 0 Å².